The van der Waals surface area contributed by atoms with Gasteiger partial charge in [0.15, 0.2) is 0 Å². The van der Waals surface area contributed by atoms with E-state index >= 15 is 0 Å². The quantitative estimate of drug-likeness (QED) is 0.766. The second kappa shape index (κ2) is 8.57. The lowest BCUT2D eigenvalue weighted by molar-refractivity contribution is 0.0958. The fourth-order valence-electron chi connectivity index (χ4n) is 1.55. The molecule has 0 unspecified atom stereocenters. The molecule has 0 saturated heterocycles. The molecule has 1 N–H and O–H groups in total. The molecule has 0 fully saturated rings. The van der Waals surface area contributed by atoms with Crippen LogP contribution in [0.4, 0.5) is 0 Å². The zero-order valence-electron chi connectivity index (χ0n) is 11.5. The van der Waals surface area contributed by atoms with Crippen molar-refractivity contribution in [1.82, 2.24) is 10.3 Å². The molecule has 1 amide bonds. The Morgan fingerprint density at radius 1 is 1.18 bits per heavy atom. The Balaban J connectivity index is 1.74. The van der Waals surface area contributed by atoms with Gasteiger partial charge in [-0.05, 0) is 40.2 Å². The van der Waals surface area contributed by atoms with Crippen LogP contribution in [-0.2, 0) is 0 Å². The molecule has 4 nitrogen and oxygen atoms in total. The summed E-state index contributed by atoms with van der Waals surface area (Å²) < 4.78 is 7.17. The highest BCUT2D eigenvalue weighted by Gasteiger charge is 2.04. The van der Waals surface area contributed by atoms with Crippen LogP contribution in [0.15, 0.2) is 51.7 Å². The van der Waals surface area contributed by atoms with Gasteiger partial charge < -0.3 is 10.1 Å². The topological polar surface area (TPSA) is 51.2 Å². The molecular formula is C16H12Br2N2O2. The largest absolute Gasteiger partial charge is 0.481 e. The summed E-state index contributed by atoms with van der Waals surface area (Å²) >= 11 is 6.64. The van der Waals surface area contributed by atoms with Gasteiger partial charge in [-0.25, -0.2) is 0 Å². The van der Waals surface area contributed by atoms with Crippen molar-refractivity contribution < 1.29 is 9.53 Å². The van der Waals surface area contributed by atoms with Crippen molar-refractivity contribution in [3.8, 4) is 17.6 Å². The van der Waals surface area contributed by atoms with Gasteiger partial charge in [0, 0.05) is 21.3 Å². The summed E-state index contributed by atoms with van der Waals surface area (Å²) in [6, 6.07) is 9.23. The fourth-order valence-corrected chi connectivity index (χ4v) is 2.30. The van der Waals surface area contributed by atoms with Crippen LogP contribution in [0.3, 0.4) is 0 Å². The van der Waals surface area contributed by atoms with Crippen molar-refractivity contribution in [2.75, 3.05) is 13.2 Å². The normalized spacial score (nSPS) is 9.55. The molecular weight excluding hydrogens is 412 g/mol. The van der Waals surface area contributed by atoms with Gasteiger partial charge in [0.25, 0.3) is 5.91 Å². The number of halogens is 2. The van der Waals surface area contributed by atoms with Crippen LogP contribution < -0.4 is 10.1 Å². The van der Waals surface area contributed by atoms with Gasteiger partial charge in [0.1, 0.15) is 12.4 Å². The maximum Gasteiger partial charge on any atom is 0.253 e. The molecule has 1 aromatic heterocycles. The van der Waals surface area contributed by atoms with Crippen LogP contribution in [0.25, 0.3) is 0 Å². The Morgan fingerprint density at radius 3 is 2.82 bits per heavy atom. The number of aromatic nitrogens is 1. The first-order chi connectivity index (χ1) is 10.6. The number of amides is 1. The molecule has 0 aliphatic carbocycles. The van der Waals surface area contributed by atoms with Crippen LogP contribution >= 0.6 is 31.9 Å². The SMILES string of the molecule is O=C(NCC#CCOc1cccc(Br)c1)c1cncc(Br)c1. The molecule has 0 radical (unpaired) electrons. The summed E-state index contributed by atoms with van der Waals surface area (Å²) in [5.74, 6) is 6.21. The van der Waals surface area contributed by atoms with Crippen LogP contribution in [0.2, 0.25) is 0 Å². The van der Waals surface area contributed by atoms with E-state index in [0.29, 0.717) is 5.56 Å². The Hall–Kier alpha value is -1.84. The molecule has 0 saturated carbocycles. The number of carbonyl (C=O) groups excluding carboxylic acids is 1. The Morgan fingerprint density at radius 2 is 2.05 bits per heavy atom. The molecule has 6 heteroatoms. The highest BCUT2D eigenvalue weighted by molar-refractivity contribution is 9.10. The lowest BCUT2D eigenvalue weighted by Gasteiger charge is -2.02. The standard InChI is InChI=1S/C16H12Br2N2O2/c17-13-4-3-5-15(9-13)22-7-2-1-6-20-16(21)12-8-14(18)11-19-10-12/h3-5,8-11H,6-7H2,(H,20,21). The molecule has 2 aromatic rings. The lowest BCUT2D eigenvalue weighted by Crippen LogP contribution is -2.23. The van der Waals surface area contributed by atoms with E-state index < -0.39 is 0 Å². The van der Waals surface area contributed by atoms with Crippen molar-refractivity contribution >= 4 is 37.8 Å². The monoisotopic (exact) mass is 422 g/mol. The molecule has 112 valence electrons. The third kappa shape index (κ3) is 5.51. The van der Waals surface area contributed by atoms with E-state index in [0.717, 1.165) is 14.7 Å². The van der Waals surface area contributed by atoms with Gasteiger partial charge >= 0.3 is 0 Å². The number of hydrogen-bond donors (Lipinski definition) is 1. The predicted octanol–water partition coefficient (Wildman–Crippen LogP) is 3.42. The molecule has 1 aromatic carbocycles. The average molecular weight is 424 g/mol. The zero-order chi connectivity index (χ0) is 15.8. The first kappa shape index (κ1) is 16.5. The van der Waals surface area contributed by atoms with E-state index in [1.807, 2.05) is 24.3 Å². The Kier molecular flexibility index (Phi) is 6.44. The van der Waals surface area contributed by atoms with Gasteiger partial charge in [0.05, 0.1) is 12.1 Å². The summed E-state index contributed by atoms with van der Waals surface area (Å²) in [6.45, 7) is 0.526. The van der Waals surface area contributed by atoms with Gasteiger partial charge in [-0.1, -0.05) is 33.8 Å². The highest BCUT2D eigenvalue weighted by Crippen LogP contribution is 2.17. The van der Waals surface area contributed by atoms with Crippen molar-refractivity contribution in [3.05, 3.63) is 57.2 Å². The second-order valence-corrected chi connectivity index (χ2v) is 6.01. The van der Waals surface area contributed by atoms with Crippen molar-refractivity contribution in [1.29, 1.82) is 0 Å². The smallest absolute Gasteiger partial charge is 0.253 e. The highest BCUT2D eigenvalue weighted by atomic mass is 79.9. The minimum Gasteiger partial charge on any atom is -0.481 e. The summed E-state index contributed by atoms with van der Waals surface area (Å²) in [4.78, 5) is 15.7. The van der Waals surface area contributed by atoms with Crippen LogP contribution in [0, 0.1) is 11.8 Å². The van der Waals surface area contributed by atoms with Gasteiger partial charge in [-0.3, -0.25) is 9.78 Å². The summed E-state index contributed by atoms with van der Waals surface area (Å²) in [5, 5.41) is 2.70. The second-order valence-electron chi connectivity index (χ2n) is 4.17. The molecule has 22 heavy (non-hydrogen) atoms. The van der Waals surface area contributed by atoms with Crippen LogP contribution in [0.1, 0.15) is 10.4 Å². The maximum absolute atomic E-state index is 11.8. The predicted molar refractivity (Wildman–Crippen MR) is 91.7 cm³/mol. The van der Waals surface area contributed by atoms with E-state index in [4.69, 9.17) is 4.74 Å². The van der Waals surface area contributed by atoms with Crippen molar-refractivity contribution in [3.63, 3.8) is 0 Å². The average Bonchev–Trinajstić information content (AvgIpc) is 2.50. The van der Waals surface area contributed by atoms with E-state index in [-0.39, 0.29) is 19.1 Å². The number of carbonyl (C=O) groups is 1. The zero-order valence-corrected chi connectivity index (χ0v) is 14.6. The molecule has 0 atom stereocenters. The Bertz CT molecular complexity index is 723. The summed E-state index contributed by atoms with van der Waals surface area (Å²) in [5.41, 5.74) is 0.488. The third-order valence-corrected chi connectivity index (χ3v) is 3.46. The Labute approximate surface area is 145 Å². The molecule has 0 aliphatic heterocycles. The minimum absolute atomic E-state index is 0.212. The van der Waals surface area contributed by atoms with E-state index in [1.165, 1.54) is 6.20 Å². The van der Waals surface area contributed by atoms with E-state index in [2.05, 4.69) is 54.0 Å². The maximum atomic E-state index is 11.8. The molecule has 0 bridgehead atoms. The number of pyridine rings is 1. The number of nitrogens with zero attached hydrogens (tertiary/aromatic N) is 1. The fraction of sp³-hybridized carbons (Fsp3) is 0.125. The lowest BCUT2D eigenvalue weighted by atomic mass is 10.3. The summed E-state index contributed by atoms with van der Waals surface area (Å²) in [7, 11) is 0. The molecule has 1 heterocycles. The first-order valence-electron chi connectivity index (χ1n) is 6.38. The summed E-state index contributed by atoms with van der Waals surface area (Å²) in [6.07, 6.45) is 3.12. The number of nitrogens with one attached hydrogen (secondary N) is 1. The minimum atomic E-state index is -0.212. The van der Waals surface area contributed by atoms with Gasteiger partial charge in [-0.15, -0.1) is 0 Å². The molecule has 0 aliphatic rings. The number of benzene rings is 1. The third-order valence-electron chi connectivity index (χ3n) is 2.54. The van der Waals surface area contributed by atoms with Crippen molar-refractivity contribution in [2.45, 2.75) is 0 Å². The van der Waals surface area contributed by atoms with E-state index in [9.17, 15) is 4.79 Å². The van der Waals surface area contributed by atoms with Crippen LogP contribution in [-0.4, -0.2) is 24.0 Å². The van der Waals surface area contributed by atoms with Crippen molar-refractivity contribution in [2.24, 2.45) is 0 Å². The van der Waals surface area contributed by atoms with Crippen LogP contribution in [0.5, 0.6) is 5.75 Å². The number of ether oxygens (including phenoxy) is 1. The van der Waals surface area contributed by atoms with E-state index in [1.54, 1.807) is 12.3 Å². The first-order valence-corrected chi connectivity index (χ1v) is 7.96. The number of rotatable bonds is 4. The number of hydrogen-bond acceptors (Lipinski definition) is 3. The van der Waals surface area contributed by atoms with Gasteiger partial charge in [-0.2, -0.15) is 0 Å². The van der Waals surface area contributed by atoms with Gasteiger partial charge in [0.2, 0.25) is 0 Å². The molecule has 0 spiro atoms. The molecule has 2 rings (SSSR count).